The quantitative estimate of drug-likeness (QED) is 0.679. The third kappa shape index (κ3) is 3.77. The number of carbonyl (C=O) groups excluding carboxylic acids is 1. The molecule has 8 heteroatoms. The molecule has 2 aliphatic rings. The van der Waals surface area contributed by atoms with E-state index in [0.717, 1.165) is 54.3 Å². The molecule has 1 atom stereocenters. The number of aromatic amines is 1. The summed E-state index contributed by atoms with van der Waals surface area (Å²) in [5.74, 6) is -0.0141. The average Bonchev–Trinajstić information content (AvgIpc) is 3.20. The maximum Gasteiger partial charge on any atom is 0.277 e. The highest BCUT2D eigenvalue weighted by molar-refractivity contribution is 6.31. The molecule has 162 valence electrons. The average molecular weight is 440 g/mol. The van der Waals surface area contributed by atoms with Crippen molar-refractivity contribution >= 4 is 23.2 Å². The zero-order valence-corrected chi connectivity index (χ0v) is 18.4. The van der Waals surface area contributed by atoms with E-state index in [1.165, 1.54) is 6.92 Å². The summed E-state index contributed by atoms with van der Waals surface area (Å²) in [5, 5.41) is 4.10. The van der Waals surface area contributed by atoms with Crippen LogP contribution in [0.5, 0.6) is 0 Å². The summed E-state index contributed by atoms with van der Waals surface area (Å²) < 4.78 is 1.54. The number of carbonyl (C=O) groups is 1. The van der Waals surface area contributed by atoms with Gasteiger partial charge in [0.05, 0.1) is 29.5 Å². The van der Waals surface area contributed by atoms with Crippen LogP contribution in [0.25, 0.3) is 5.65 Å². The number of amides is 1. The minimum Gasteiger partial charge on any atom is -0.338 e. The number of aromatic nitrogens is 3. The fourth-order valence-corrected chi connectivity index (χ4v) is 5.01. The Morgan fingerprint density at radius 1 is 1.26 bits per heavy atom. The van der Waals surface area contributed by atoms with E-state index < -0.39 is 0 Å². The van der Waals surface area contributed by atoms with Crippen LogP contribution in [-0.4, -0.2) is 43.4 Å². The molecule has 0 bridgehead atoms. The summed E-state index contributed by atoms with van der Waals surface area (Å²) in [4.78, 5) is 33.8. The van der Waals surface area contributed by atoms with Crippen LogP contribution >= 0.6 is 11.6 Å². The van der Waals surface area contributed by atoms with Gasteiger partial charge in [0.15, 0.2) is 5.65 Å². The van der Waals surface area contributed by atoms with E-state index in [1.54, 1.807) is 9.42 Å². The fraction of sp³-hybridized carbons (Fsp3) is 0.435. The van der Waals surface area contributed by atoms with E-state index in [4.69, 9.17) is 16.6 Å². The van der Waals surface area contributed by atoms with Crippen molar-refractivity contribution in [3.63, 3.8) is 0 Å². The number of hydrogen-bond donors (Lipinski definition) is 1. The zero-order chi connectivity index (χ0) is 21.5. The molecule has 0 aliphatic carbocycles. The molecule has 1 N–H and O–H groups in total. The zero-order valence-electron chi connectivity index (χ0n) is 17.6. The predicted octanol–water partition coefficient (Wildman–Crippen LogP) is 3.31. The van der Waals surface area contributed by atoms with Gasteiger partial charge in [-0.1, -0.05) is 36.2 Å². The second-order valence-electron chi connectivity index (χ2n) is 8.51. The van der Waals surface area contributed by atoms with Crippen LogP contribution in [-0.2, 0) is 24.3 Å². The summed E-state index contributed by atoms with van der Waals surface area (Å²) in [7, 11) is 0. The Bertz CT molecular complexity index is 1200. The molecule has 0 radical (unpaired) electrons. The van der Waals surface area contributed by atoms with Crippen molar-refractivity contribution in [3.05, 3.63) is 68.2 Å². The highest BCUT2D eigenvalue weighted by Gasteiger charge is 2.28. The van der Waals surface area contributed by atoms with Crippen LogP contribution in [0.2, 0.25) is 5.02 Å². The molecular weight excluding hydrogens is 414 g/mol. The molecule has 3 aromatic rings. The second-order valence-corrected chi connectivity index (χ2v) is 8.92. The van der Waals surface area contributed by atoms with Crippen LogP contribution in [0, 0.1) is 0 Å². The van der Waals surface area contributed by atoms with Gasteiger partial charge in [0, 0.05) is 37.5 Å². The second kappa shape index (κ2) is 8.13. The maximum absolute atomic E-state index is 13.2. The van der Waals surface area contributed by atoms with Crippen molar-refractivity contribution in [1.82, 2.24) is 24.4 Å². The summed E-state index contributed by atoms with van der Waals surface area (Å²) in [6.07, 6.45) is 3.92. The lowest BCUT2D eigenvalue weighted by molar-refractivity contribution is -0.129. The third-order valence-corrected chi connectivity index (χ3v) is 6.90. The van der Waals surface area contributed by atoms with Crippen LogP contribution in [0.3, 0.4) is 0 Å². The van der Waals surface area contributed by atoms with Crippen molar-refractivity contribution in [1.29, 1.82) is 0 Å². The lowest BCUT2D eigenvalue weighted by Gasteiger charge is -2.35. The number of nitrogens with one attached hydrogen (secondary N) is 1. The van der Waals surface area contributed by atoms with Gasteiger partial charge >= 0.3 is 0 Å². The number of piperidine rings is 1. The van der Waals surface area contributed by atoms with Gasteiger partial charge in [0.1, 0.15) is 0 Å². The van der Waals surface area contributed by atoms with E-state index in [1.807, 2.05) is 24.3 Å². The van der Waals surface area contributed by atoms with Crippen molar-refractivity contribution in [2.75, 3.05) is 13.1 Å². The number of rotatable bonds is 3. The molecule has 0 spiro atoms. The van der Waals surface area contributed by atoms with E-state index in [0.29, 0.717) is 30.7 Å². The number of H-pyrrole nitrogens is 1. The van der Waals surface area contributed by atoms with E-state index in [2.05, 4.69) is 16.1 Å². The molecule has 1 aromatic carbocycles. The first-order valence-corrected chi connectivity index (χ1v) is 11.3. The summed E-state index contributed by atoms with van der Waals surface area (Å²) >= 11 is 6.41. The Balaban J connectivity index is 1.49. The topological polar surface area (TPSA) is 73.7 Å². The molecule has 2 aliphatic heterocycles. The van der Waals surface area contributed by atoms with Gasteiger partial charge in [0.25, 0.3) is 5.56 Å². The Morgan fingerprint density at radius 2 is 2.10 bits per heavy atom. The summed E-state index contributed by atoms with van der Waals surface area (Å²) in [6.45, 7) is 4.23. The van der Waals surface area contributed by atoms with Crippen LogP contribution in [0.4, 0.5) is 0 Å². The summed E-state index contributed by atoms with van der Waals surface area (Å²) in [5.41, 5.74) is 4.09. The largest absolute Gasteiger partial charge is 0.338 e. The lowest BCUT2D eigenvalue weighted by atomic mass is 9.98. The summed E-state index contributed by atoms with van der Waals surface area (Å²) in [6, 6.07) is 10.1. The van der Waals surface area contributed by atoms with Gasteiger partial charge in [-0.2, -0.15) is 0 Å². The number of likely N-dealkylation sites (tertiary alicyclic amines) is 1. The van der Waals surface area contributed by atoms with E-state index in [9.17, 15) is 9.59 Å². The van der Waals surface area contributed by atoms with E-state index in [-0.39, 0.29) is 17.5 Å². The lowest BCUT2D eigenvalue weighted by Crippen LogP contribution is -2.39. The molecule has 7 nitrogen and oxygen atoms in total. The van der Waals surface area contributed by atoms with Gasteiger partial charge < -0.3 is 4.90 Å². The smallest absolute Gasteiger partial charge is 0.277 e. The Kier molecular flexibility index (Phi) is 5.32. The Hall–Kier alpha value is -2.64. The first-order chi connectivity index (χ1) is 15.0. The normalized spacial score (nSPS) is 19.5. The molecule has 1 amide bonds. The van der Waals surface area contributed by atoms with E-state index >= 15 is 0 Å². The highest BCUT2D eigenvalue weighted by Crippen LogP contribution is 2.33. The SMILES string of the molecule is CC(=O)N1CCc2nc3cc([C@H]4CCCCN4Cc4ccccc4Cl)[nH]n3c(=O)c2C1. The van der Waals surface area contributed by atoms with Crippen LogP contribution in [0.15, 0.2) is 35.1 Å². The first kappa shape index (κ1) is 20.3. The number of fused-ring (bicyclic) bond motifs is 2. The molecule has 1 fully saturated rings. The maximum atomic E-state index is 13.2. The first-order valence-electron chi connectivity index (χ1n) is 10.9. The highest BCUT2D eigenvalue weighted by atomic mass is 35.5. The predicted molar refractivity (Wildman–Crippen MR) is 119 cm³/mol. The minimum absolute atomic E-state index is 0.0141. The molecule has 0 unspecified atom stereocenters. The van der Waals surface area contributed by atoms with Gasteiger partial charge in [-0.05, 0) is 31.0 Å². The standard InChI is InChI=1S/C23H26ClN5O2/c1-15(30)27-11-9-19-17(14-27)23(31)29-22(25-19)12-20(26-29)21-8-4-5-10-28(21)13-16-6-2-3-7-18(16)24/h2-3,6-7,12,21,26H,4-5,8-11,13-14H2,1H3/t21-/m1/s1. The number of benzene rings is 1. The number of hydrogen-bond acceptors (Lipinski definition) is 4. The monoisotopic (exact) mass is 439 g/mol. The molecule has 2 aromatic heterocycles. The fourth-order valence-electron chi connectivity index (χ4n) is 4.82. The van der Waals surface area contributed by atoms with Crippen molar-refractivity contribution in [2.45, 2.75) is 51.7 Å². The molecular formula is C23H26ClN5O2. The number of nitrogens with zero attached hydrogens (tertiary/aromatic N) is 4. The molecule has 0 saturated carbocycles. The van der Waals surface area contributed by atoms with Crippen LogP contribution < -0.4 is 5.56 Å². The van der Waals surface area contributed by atoms with Crippen molar-refractivity contribution in [2.24, 2.45) is 0 Å². The van der Waals surface area contributed by atoms with Crippen molar-refractivity contribution in [3.8, 4) is 0 Å². The van der Waals surface area contributed by atoms with Gasteiger partial charge in [0.2, 0.25) is 5.91 Å². The molecule has 5 rings (SSSR count). The molecule has 1 saturated heterocycles. The van der Waals surface area contributed by atoms with Crippen molar-refractivity contribution < 1.29 is 4.79 Å². The van der Waals surface area contributed by atoms with Gasteiger partial charge in [-0.15, -0.1) is 0 Å². The van der Waals surface area contributed by atoms with Gasteiger partial charge in [-0.3, -0.25) is 19.6 Å². The molecule has 4 heterocycles. The minimum atomic E-state index is -0.106. The number of halogens is 1. The third-order valence-electron chi connectivity index (χ3n) is 6.53. The van der Waals surface area contributed by atoms with Crippen LogP contribution in [0.1, 0.15) is 54.7 Å². The Morgan fingerprint density at radius 3 is 2.90 bits per heavy atom. The Labute approximate surface area is 185 Å². The molecule has 31 heavy (non-hydrogen) atoms. The van der Waals surface area contributed by atoms with Gasteiger partial charge in [-0.25, -0.2) is 9.50 Å².